The zero-order chi connectivity index (χ0) is 36.0. The topological polar surface area (TPSA) is 112 Å². The van der Waals surface area contributed by atoms with E-state index in [1.165, 1.54) is 0 Å². The molecule has 0 radical (unpaired) electrons. The summed E-state index contributed by atoms with van der Waals surface area (Å²) in [6.45, 7) is 5.30. The van der Waals surface area contributed by atoms with Gasteiger partial charge in [-0.25, -0.2) is 9.97 Å². The standard InChI is InChI=1S/C39H46Cl2N6O4/c1-4-36(48)46-18-14-27(15-19-46)44-24-33-34(40)22-26(23-35(33)50-2)37-31(13-16-42-38(37)41)29-11-7-6-10-28(29)30-12-17-43-39(51-3)32(30)25-45-47(49)20-8-5-9-21-47/h6-7,10-13,16-17,22-23,27,44-45H,4-5,8-9,14-15,18-21,24-25H2,1-3H3. The van der Waals surface area contributed by atoms with Crippen molar-refractivity contribution >= 4 is 29.1 Å². The average Bonchev–Trinajstić information content (AvgIpc) is 3.16. The molecule has 0 saturated carbocycles. The maximum absolute atomic E-state index is 13.4. The number of piperidine rings is 2. The molecule has 2 fully saturated rings. The largest absolute Gasteiger partial charge is 0.612 e. The molecule has 2 aromatic heterocycles. The molecule has 12 heteroatoms. The zero-order valence-electron chi connectivity index (χ0n) is 29.5. The van der Waals surface area contributed by atoms with E-state index in [0.717, 1.165) is 89.7 Å². The monoisotopic (exact) mass is 732 g/mol. The molecule has 2 aliphatic heterocycles. The summed E-state index contributed by atoms with van der Waals surface area (Å²) in [5.74, 6) is 1.31. The van der Waals surface area contributed by atoms with Crippen LogP contribution in [0.4, 0.5) is 0 Å². The second kappa shape index (κ2) is 16.7. The van der Waals surface area contributed by atoms with E-state index in [-0.39, 0.29) is 11.9 Å². The maximum Gasteiger partial charge on any atom is 0.222 e. The van der Waals surface area contributed by atoms with Gasteiger partial charge in [0, 0.05) is 66.2 Å². The van der Waals surface area contributed by atoms with Crippen LogP contribution in [0.2, 0.25) is 10.2 Å². The highest BCUT2D eigenvalue weighted by atomic mass is 35.5. The molecule has 6 rings (SSSR count). The number of amides is 1. The van der Waals surface area contributed by atoms with Crippen molar-refractivity contribution in [3.05, 3.63) is 87.4 Å². The number of likely N-dealkylation sites (tertiary alicyclic amines) is 1. The number of halogens is 2. The van der Waals surface area contributed by atoms with Crippen molar-refractivity contribution in [2.24, 2.45) is 0 Å². The van der Waals surface area contributed by atoms with Crippen molar-refractivity contribution in [1.82, 2.24) is 25.6 Å². The van der Waals surface area contributed by atoms with Crippen molar-refractivity contribution in [3.8, 4) is 45.0 Å². The van der Waals surface area contributed by atoms with Crippen molar-refractivity contribution < 1.29 is 19.0 Å². The lowest BCUT2D eigenvalue weighted by Crippen LogP contribution is -2.55. The number of hydroxylamine groups is 2. The van der Waals surface area contributed by atoms with E-state index < -0.39 is 4.76 Å². The first-order valence-corrected chi connectivity index (χ1v) is 18.5. The number of aromatic nitrogens is 2. The third kappa shape index (κ3) is 8.32. The Kier molecular flexibility index (Phi) is 12.1. The molecule has 1 amide bonds. The number of nitrogens with one attached hydrogen (secondary N) is 2. The Balaban J connectivity index is 1.33. The SMILES string of the molecule is CCC(=O)N1CCC(NCc2c(Cl)cc(-c3c(-c4ccccc4-c4ccnc(OC)c4CN[N+]4([O-])CCCCC4)ccnc3Cl)cc2OC)CC1. The highest BCUT2D eigenvalue weighted by Gasteiger charge is 2.26. The molecule has 51 heavy (non-hydrogen) atoms. The first-order chi connectivity index (χ1) is 24.7. The fraction of sp³-hybridized carbons (Fsp3) is 0.410. The lowest BCUT2D eigenvalue weighted by Gasteiger charge is -2.44. The zero-order valence-corrected chi connectivity index (χ0v) is 31.0. The maximum atomic E-state index is 13.4. The van der Waals surface area contributed by atoms with Crippen LogP contribution in [-0.4, -0.2) is 72.0 Å². The second-order valence-corrected chi connectivity index (χ2v) is 13.9. The van der Waals surface area contributed by atoms with Gasteiger partial charge in [-0.3, -0.25) is 9.55 Å². The van der Waals surface area contributed by atoms with Crippen LogP contribution in [0.15, 0.2) is 60.9 Å². The van der Waals surface area contributed by atoms with Crippen LogP contribution in [0.1, 0.15) is 56.6 Å². The summed E-state index contributed by atoms with van der Waals surface area (Å²) in [4.78, 5) is 23.0. The second-order valence-electron chi connectivity index (χ2n) is 13.2. The minimum atomic E-state index is -0.434. The summed E-state index contributed by atoms with van der Waals surface area (Å²) < 4.78 is 11.2. The summed E-state index contributed by atoms with van der Waals surface area (Å²) in [7, 11) is 3.23. The van der Waals surface area contributed by atoms with E-state index in [4.69, 9.17) is 32.7 Å². The molecule has 2 aliphatic rings. The van der Waals surface area contributed by atoms with E-state index in [1.54, 1.807) is 26.6 Å². The number of ether oxygens (including phenoxy) is 2. The van der Waals surface area contributed by atoms with Gasteiger partial charge < -0.3 is 24.9 Å². The Morgan fingerprint density at radius 1 is 0.902 bits per heavy atom. The number of quaternary nitrogens is 1. The average molecular weight is 734 g/mol. The Labute approximate surface area is 310 Å². The molecular weight excluding hydrogens is 687 g/mol. The summed E-state index contributed by atoms with van der Waals surface area (Å²) in [5, 5.41) is 18.0. The molecule has 4 aromatic rings. The summed E-state index contributed by atoms with van der Waals surface area (Å²) in [5.41, 5.74) is 10.0. The molecule has 0 spiro atoms. The molecule has 10 nitrogen and oxygen atoms in total. The molecule has 4 heterocycles. The summed E-state index contributed by atoms with van der Waals surface area (Å²) >= 11 is 13.9. The van der Waals surface area contributed by atoms with Crippen LogP contribution in [0, 0.1) is 5.21 Å². The number of hydrogen-bond donors (Lipinski definition) is 2. The lowest BCUT2D eigenvalue weighted by atomic mass is 9.89. The van der Waals surface area contributed by atoms with Crippen LogP contribution in [0.3, 0.4) is 0 Å². The number of hydrogen-bond acceptors (Lipinski definition) is 8. The van der Waals surface area contributed by atoms with Gasteiger partial charge in [0.25, 0.3) is 0 Å². The predicted octanol–water partition coefficient (Wildman–Crippen LogP) is 7.80. The third-order valence-corrected chi connectivity index (χ3v) is 10.7. The Bertz CT molecular complexity index is 1840. The molecule has 0 aliphatic carbocycles. The Morgan fingerprint density at radius 3 is 2.27 bits per heavy atom. The highest BCUT2D eigenvalue weighted by Crippen LogP contribution is 2.44. The number of methoxy groups -OCH3 is 2. The molecule has 2 N–H and O–H groups in total. The molecule has 270 valence electrons. The van der Waals surface area contributed by atoms with Gasteiger partial charge in [0.2, 0.25) is 11.8 Å². The minimum Gasteiger partial charge on any atom is -0.612 e. The van der Waals surface area contributed by atoms with E-state index in [0.29, 0.717) is 54.4 Å². The predicted molar refractivity (Wildman–Crippen MR) is 202 cm³/mol. The van der Waals surface area contributed by atoms with E-state index >= 15 is 0 Å². The van der Waals surface area contributed by atoms with Crippen LogP contribution >= 0.6 is 23.2 Å². The first-order valence-electron chi connectivity index (χ1n) is 17.7. The van der Waals surface area contributed by atoms with Gasteiger partial charge in [0.05, 0.1) is 33.9 Å². The fourth-order valence-corrected chi connectivity index (χ4v) is 7.82. The summed E-state index contributed by atoms with van der Waals surface area (Å²) in [6.07, 6.45) is 8.60. The number of pyridine rings is 2. The smallest absolute Gasteiger partial charge is 0.222 e. The number of rotatable bonds is 12. The van der Waals surface area contributed by atoms with Gasteiger partial charge >= 0.3 is 0 Å². The summed E-state index contributed by atoms with van der Waals surface area (Å²) in [6, 6.07) is 16.1. The Hall–Kier alpha value is -3.77. The lowest BCUT2D eigenvalue weighted by molar-refractivity contribution is -0.930. The number of benzene rings is 2. The van der Waals surface area contributed by atoms with E-state index in [1.807, 2.05) is 48.2 Å². The van der Waals surface area contributed by atoms with Gasteiger partial charge in [-0.2, -0.15) is 5.43 Å². The number of nitrogens with zero attached hydrogens (tertiary/aromatic N) is 4. The first kappa shape index (κ1) is 37.0. The molecule has 0 unspecified atom stereocenters. The van der Waals surface area contributed by atoms with Gasteiger partial charge in [0.1, 0.15) is 10.9 Å². The van der Waals surface area contributed by atoms with E-state index in [9.17, 15) is 10.0 Å². The third-order valence-electron chi connectivity index (χ3n) is 10.1. The fourth-order valence-electron chi connectivity index (χ4n) is 7.28. The molecular formula is C39H46Cl2N6O4. The van der Waals surface area contributed by atoms with E-state index in [2.05, 4.69) is 32.8 Å². The number of carbonyl (C=O) groups excluding carboxylic acids is 1. The normalized spacial score (nSPS) is 16.2. The number of carbonyl (C=O) groups is 1. The van der Waals surface area contributed by atoms with Gasteiger partial charge in [-0.05, 0) is 84.2 Å². The van der Waals surface area contributed by atoms with Gasteiger partial charge in [0.15, 0.2) is 0 Å². The molecule has 2 saturated heterocycles. The van der Waals surface area contributed by atoms with Crippen LogP contribution in [0.5, 0.6) is 11.6 Å². The van der Waals surface area contributed by atoms with Crippen molar-refractivity contribution in [1.29, 1.82) is 0 Å². The van der Waals surface area contributed by atoms with Crippen molar-refractivity contribution in [2.45, 2.75) is 64.6 Å². The van der Waals surface area contributed by atoms with Gasteiger partial charge in [-0.1, -0.05) is 54.4 Å². The van der Waals surface area contributed by atoms with Gasteiger partial charge in [-0.15, -0.1) is 0 Å². The Morgan fingerprint density at radius 2 is 1.59 bits per heavy atom. The minimum absolute atomic E-state index is 0.203. The molecule has 0 bridgehead atoms. The molecule has 2 aromatic carbocycles. The highest BCUT2D eigenvalue weighted by molar-refractivity contribution is 6.34. The van der Waals surface area contributed by atoms with Crippen LogP contribution in [-0.2, 0) is 17.9 Å². The van der Waals surface area contributed by atoms with Crippen LogP contribution in [0.25, 0.3) is 33.4 Å². The van der Waals surface area contributed by atoms with Crippen molar-refractivity contribution in [2.75, 3.05) is 40.4 Å². The molecule has 0 atom stereocenters. The van der Waals surface area contributed by atoms with Crippen LogP contribution < -0.4 is 20.2 Å². The van der Waals surface area contributed by atoms with Crippen molar-refractivity contribution in [3.63, 3.8) is 0 Å². The quantitative estimate of drug-likeness (QED) is 0.0863.